The number of carbonyl (C=O) groups is 1. The van der Waals surface area contributed by atoms with Gasteiger partial charge in [-0.15, -0.1) is 0 Å². The molecule has 0 aromatic heterocycles. The quantitative estimate of drug-likeness (QED) is 0.803. The molecule has 0 aliphatic heterocycles. The van der Waals surface area contributed by atoms with E-state index in [1.165, 1.54) is 0 Å². The van der Waals surface area contributed by atoms with Gasteiger partial charge in [0.05, 0.1) is 24.7 Å². The summed E-state index contributed by atoms with van der Waals surface area (Å²) in [7, 11) is 3.22. The van der Waals surface area contributed by atoms with Gasteiger partial charge < -0.3 is 20.1 Å². The Morgan fingerprint density at radius 2 is 2.16 bits per heavy atom. The molecule has 0 spiro atoms. The van der Waals surface area contributed by atoms with Gasteiger partial charge in [0, 0.05) is 18.8 Å². The van der Waals surface area contributed by atoms with Crippen molar-refractivity contribution in [1.29, 1.82) is 0 Å². The SMILES string of the molecule is COCC(C)NC(=O)CNc1ccc(OC)c(Br)c1. The highest BCUT2D eigenvalue weighted by Gasteiger charge is 2.07. The van der Waals surface area contributed by atoms with Gasteiger partial charge in [-0.2, -0.15) is 0 Å². The highest BCUT2D eigenvalue weighted by Crippen LogP contribution is 2.27. The molecule has 0 saturated carbocycles. The summed E-state index contributed by atoms with van der Waals surface area (Å²) in [6.45, 7) is 2.61. The van der Waals surface area contributed by atoms with E-state index in [0.29, 0.717) is 6.61 Å². The number of carbonyl (C=O) groups excluding carboxylic acids is 1. The maximum atomic E-state index is 11.6. The molecule has 1 amide bonds. The summed E-state index contributed by atoms with van der Waals surface area (Å²) >= 11 is 3.39. The summed E-state index contributed by atoms with van der Waals surface area (Å²) in [5, 5.41) is 5.87. The molecular weight excluding hydrogens is 312 g/mol. The summed E-state index contributed by atoms with van der Waals surface area (Å²) in [5.41, 5.74) is 0.849. The van der Waals surface area contributed by atoms with Gasteiger partial charge in [0.15, 0.2) is 0 Å². The third-order valence-electron chi connectivity index (χ3n) is 2.43. The van der Waals surface area contributed by atoms with Crippen LogP contribution in [-0.4, -0.2) is 39.3 Å². The topological polar surface area (TPSA) is 59.6 Å². The van der Waals surface area contributed by atoms with E-state index in [4.69, 9.17) is 9.47 Å². The van der Waals surface area contributed by atoms with E-state index in [1.54, 1.807) is 14.2 Å². The number of halogens is 1. The normalized spacial score (nSPS) is 11.8. The van der Waals surface area contributed by atoms with Crippen LogP contribution in [0, 0.1) is 0 Å². The van der Waals surface area contributed by atoms with Crippen LogP contribution in [0.5, 0.6) is 5.75 Å². The van der Waals surface area contributed by atoms with Crippen LogP contribution in [0.3, 0.4) is 0 Å². The Morgan fingerprint density at radius 3 is 2.74 bits per heavy atom. The first-order valence-corrected chi connectivity index (χ1v) is 6.71. The van der Waals surface area contributed by atoms with Gasteiger partial charge in [-0.25, -0.2) is 0 Å². The summed E-state index contributed by atoms with van der Waals surface area (Å²) in [6, 6.07) is 5.56. The fourth-order valence-electron chi connectivity index (χ4n) is 1.58. The van der Waals surface area contributed by atoms with E-state index in [2.05, 4.69) is 26.6 Å². The molecule has 1 rings (SSSR count). The first kappa shape index (κ1) is 15.8. The zero-order valence-electron chi connectivity index (χ0n) is 11.3. The average molecular weight is 331 g/mol. The second-order valence-electron chi connectivity index (χ2n) is 4.13. The number of rotatable bonds is 7. The van der Waals surface area contributed by atoms with Crippen molar-refractivity contribution in [3.8, 4) is 5.75 Å². The number of anilines is 1. The lowest BCUT2D eigenvalue weighted by Gasteiger charge is -2.14. The first-order valence-electron chi connectivity index (χ1n) is 5.92. The monoisotopic (exact) mass is 330 g/mol. The number of amides is 1. The smallest absolute Gasteiger partial charge is 0.239 e. The van der Waals surface area contributed by atoms with Crippen molar-refractivity contribution < 1.29 is 14.3 Å². The van der Waals surface area contributed by atoms with Crippen molar-refractivity contribution >= 4 is 27.5 Å². The summed E-state index contributed by atoms with van der Waals surface area (Å²) in [4.78, 5) is 11.6. The standard InChI is InChI=1S/C13H19BrN2O3/c1-9(8-18-2)16-13(17)7-15-10-4-5-12(19-3)11(14)6-10/h4-6,9,15H,7-8H2,1-3H3,(H,16,17). The number of hydrogen-bond acceptors (Lipinski definition) is 4. The molecule has 1 unspecified atom stereocenters. The Kier molecular flexibility index (Phi) is 6.66. The largest absolute Gasteiger partial charge is 0.496 e. The van der Waals surface area contributed by atoms with Crippen molar-refractivity contribution in [3.05, 3.63) is 22.7 Å². The van der Waals surface area contributed by atoms with E-state index in [0.717, 1.165) is 15.9 Å². The third kappa shape index (κ3) is 5.48. The van der Waals surface area contributed by atoms with Gasteiger partial charge in [0.1, 0.15) is 5.75 Å². The molecule has 19 heavy (non-hydrogen) atoms. The lowest BCUT2D eigenvalue weighted by atomic mass is 10.3. The van der Waals surface area contributed by atoms with Gasteiger partial charge in [0.25, 0.3) is 0 Å². The van der Waals surface area contributed by atoms with E-state index >= 15 is 0 Å². The van der Waals surface area contributed by atoms with Crippen LogP contribution in [0.2, 0.25) is 0 Å². The minimum Gasteiger partial charge on any atom is -0.496 e. The fraction of sp³-hybridized carbons (Fsp3) is 0.462. The Balaban J connectivity index is 2.44. The lowest BCUT2D eigenvalue weighted by Crippen LogP contribution is -2.39. The molecule has 1 aromatic carbocycles. The molecule has 6 heteroatoms. The van der Waals surface area contributed by atoms with Crippen molar-refractivity contribution in [2.75, 3.05) is 32.7 Å². The molecule has 0 aliphatic carbocycles. The fourth-order valence-corrected chi connectivity index (χ4v) is 2.12. The van der Waals surface area contributed by atoms with Crippen molar-refractivity contribution in [3.63, 3.8) is 0 Å². The third-order valence-corrected chi connectivity index (χ3v) is 3.05. The number of ether oxygens (including phenoxy) is 2. The van der Waals surface area contributed by atoms with Gasteiger partial charge >= 0.3 is 0 Å². The number of benzene rings is 1. The van der Waals surface area contributed by atoms with Crippen LogP contribution in [0.15, 0.2) is 22.7 Å². The highest BCUT2D eigenvalue weighted by molar-refractivity contribution is 9.10. The molecule has 1 aromatic rings. The minimum absolute atomic E-state index is 0.00176. The van der Waals surface area contributed by atoms with E-state index < -0.39 is 0 Å². The summed E-state index contributed by atoms with van der Waals surface area (Å²) in [6.07, 6.45) is 0. The number of methoxy groups -OCH3 is 2. The van der Waals surface area contributed by atoms with E-state index in [9.17, 15) is 4.79 Å². The predicted molar refractivity (Wildman–Crippen MR) is 78.7 cm³/mol. The minimum atomic E-state index is -0.0727. The van der Waals surface area contributed by atoms with Gasteiger partial charge in [-0.3, -0.25) is 4.79 Å². The predicted octanol–water partition coefficient (Wildman–Crippen LogP) is 2.02. The summed E-state index contributed by atoms with van der Waals surface area (Å²) < 4.78 is 10.9. The Hall–Kier alpha value is -1.27. The average Bonchev–Trinajstić information content (AvgIpc) is 2.36. The van der Waals surface area contributed by atoms with Gasteiger partial charge in [-0.1, -0.05) is 0 Å². The molecule has 106 valence electrons. The molecule has 0 fully saturated rings. The molecule has 0 saturated heterocycles. The Morgan fingerprint density at radius 1 is 1.42 bits per heavy atom. The van der Waals surface area contributed by atoms with Crippen LogP contribution < -0.4 is 15.4 Å². The molecule has 0 bridgehead atoms. The van der Waals surface area contributed by atoms with Crippen molar-refractivity contribution in [1.82, 2.24) is 5.32 Å². The Bertz CT molecular complexity index is 426. The number of hydrogen-bond donors (Lipinski definition) is 2. The molecule has 0 heterocycles. The maximum absolute atomic E-state index is 11.6. The number of nitrogens with one attached hydrogen (secondary N) is 2. The van der Waals surface area contributed by atoms with E-state index in [-0.39, 0.29) is 18.5 Å². The van der Waals surface area contributed by atoms with Crippen molar-refractivity contribution in [2.45, 2.75) is 13.0 Å². The molecule has 0 radical (unpaired) electrons. The van der Waals surface area contributed by atoms with Gasteiger partial charge in [0.2, 0.25) is 5.91 Å². The molecular formula is C13H19BrN2O3. The summed E-state index contributed by atoms with van der Waals surface area (Å²) in [5.74, 6) is 0.681. The maximum Gasteiger partial charge on any atom is 0.239 e. The highest BCUT2D eigenvalue weighted by atomic mass is 79.9. The molecule has 1 atom stereocenters. The van der Waals surface area contributed by atoms with Crippen LogP contribution in [0.1, 0.15) is 6.92 Å². The Labute approximate surface area is 121 Å². The zero-order chi connectivity index (χ0) is 14.3. The van der Waals surface area contributed by atoms with Crippen LogP contribution in [0.25, 0.3) is 0 Å². The lowest BCUT2D eigenvalue weighted by molar-refractivity contribution is -0.120. The molecule has 2 N–H and O–H groups in total. The molecule has 5 nitrogen and oxygen atoms in total. The van der Waals surface area contributed by atoms with Crippen molar-refractivity contribution in [2.24, 2.45) is 0 Å². The van der Waals surface area contributed by atoms with E-state index in [1.807, 2.05) is 25.1 Å². The van der Waals surface area contributed by atoms with Crippen LogP contribution >= 0.6 is 15.9 Å². The molecule has 0 aliphatic rings. The zero-order valence-corrected chi connectivity index (χ0v) is 12.9. The second-order valence-corrected chi connectivity index (χ2v) is 4.98. The first-order chi connectivity index (χ1) is 9.06. The van der Waals surface area contributed by atoms with Crippen LogP contribution in [0.4, 0.5) is 5.69 Å². The second kappa shape index (κ2) is 8.01. The van der Waals surface area contributed by atoms with Crippen LogP contribution in [-0.2, 0) is 9.53 Å². The van der Waals surface area contributed by atoms with Gasteiger partial charge in [-0.05, 0) is 41.1 Å².